The molecule has 0 aliphatic carbocycles. The number of phenolic OH excluding ortho intramolecular Hbond substituents is 1. The Morgan fingerprint density at radius 3 is 2.74 bits per heavy atom. The molecule has 2 aromatic heterocycles. The van der Waals surface area contributed by atoms with Crippen molar-refractivity contribution < 1.29 is 29.4 Å². The molecule has 39 heavy (non-hydrogen) atoms. The number of tetrazole rings is 1. The monoisotopic (exact) mass is 587 g/mol. The van der Waals surface area contributed by atoms with Gasteiger partial charge in [0.2, 0.25) is 5.16 Å². The van der Waals surface area contributed by atoms with E-state index < -0.39 is 29.2 Å². The Morgan fingerprint density at radius 2 is 2.08 bits per heavy atom. The first-order valence-corrected chi connectivity index (χ1v) is 14.3. The van der Waals surface area contributed by atoms with Gasteiger partial charge in [-0.1, -0.05) is 23.0 Å². The van der Waals surface area contributed by atoms with Crippen LogP contribution in [0.2, 0.25) is 0 Å². The molecule has 13 nitrogen and oxygen atoms in total. The number of thiophene rings is 1. The van der Waals surface area contributed by atoms with Crippen LogP contribution in [-0.2, 0) is 32.9 Å². The highest BCUT2D eigenvalue weighted by Gasteiger charge is 2.54. The van der Waals surface area contributed by atoms with Crippen LogP contribution in [0.25, 0.3) is 0 Å². The summed E-state index contributed by atoms with van der Waals surface area (Å²) >= 11 is 4.10. The van der Waals surface area contributed by atoms with Crippen LogP contribution in [0.5, 0.6) is 5.75 Å². The van der Waals surface area contributed by atoms with Crippen LogP contribution >= 0.6 is 34.9 Å². The van der Waals surface area contributed by atoms with E-state index >= 15 is 0 Å². The van der Waals surface area contributed by atoms with Crippen LogP contribution in [-0.4, -0.2) is 81.7 Å². The lowest BCUT2D eigenvalue weighted by molar-refractivity contribution is -0.150. The summed E-state index contributed by atoms with van der Waals surface area (Å²) in [4.78, 5) is 46.0. The highest BCUT2D eigenvalue weighted by atomic mass is 32.2. The minimum Gasteiger partial charge on any atom is -0.508 e. The van der Waals surface area contributed by atoms with Crippen molar-refractivity contribution in [1.82, 2.24) is 30.4 Å². The molecule has 1 aromatic carbocycles. The summed E-state index contributed by atoms with van der Waals surface area (Å²) in [5, 5.41) is 39.3. The number of aryl methyl sites for hydroxylation is 1. The number of hydrogen-bond acceptors (Lipinski definition) is 12. The number of nitrogens with zero attached hydrogens (tertiary/aromatic N) is 6. The first-order valence-electron chi connectivity index (χ1n) is 11.4. The van der Waals surface area contributed by atoms with Gasteiger partial charge in [-0.05, 0) is 51.7 Å². The number of fused-ring (bicyclic) bond motifs is 1. The molecule has 0 bridgehead atoms. The van der Waals surface area contributed by atoms with E-state index in [0.29, 0.717) is 22.0 Å². The molecule has 0 radical (unpaired) electrons. The first kappa shape index (κ1) is 26.7. The number of β-lactam (4-membered cyclic amide) rings is 1. The number of aliphatic carboxylic acids is 1. The Balaban J connectivity index is 1.31. The number of oxime groups is 1. The molecule has 1 saturated heterocycles. The topological polar surface area (TPSA) is 172 Å². The highest BCUT2D eigenvalue weighted by molar-refractivity contribution is 8.01. The van der Waals surface area contributed by atoms with Crippen molar-refractivity contribution in [3.05, 3.63) is 63.5 Å². The Kier molecular flexibility index (Phi) is 7.85. The molecule has 2 amide bonds. The SMILES string of the molecule is Cn1nnnc1SCC1=C(C(=O)O)N2C(=O)C(NC(=O)/C(=N\OCc3cccs3)c3ccc(O)cc3)[C@H]2SC1. The maximum Gasteiger partial charge on any atom is 0.352 e. The fourth-order valence-electron chi connectivity index (χ4n) is 3.90. The molecule has 0 saturated carbocycles. The van der Waals surface area contributed by atoms with E-state index in [9.17, 15) is 24.6 Å². The third-order valence-electron chi connectivity index (χ3n) is 5.79. The van der Waals surface area contributed by atoms with Gasteiger partial charge in [0.1, 0.15) is 22.9 Å². The van der Waals surface area contributed by atoms with Crippen molar-refractivity contribution in [2.75, 3.05) is 11.5 Å². The molecule has 3 N–H and O–H groups in total. The average Bonchev–Trinajstić information content (AvgIpc) is 3.60. The fourth-order valence-corrected chi connectivity index (χ4v) is 6.84. The van der Waals surface area contributed by atoms with Crippen molar-refractivity contribution >= 4 is 58.4 Å². The Labute approximate surface area is 233 Å². The molecule has 1 fully saturated rings. The molecule has 2 atom stereocenters. The van der Waals surface area contributed by atoms with Gasteiger partial charge >= 0.3 is 5.97 Å². The van der Waals surface area contributed by atoms with Gasteiger partial charge in [0.05, 0.1) is 0 Å². The van der Waals surface area contributed by atoms with Crippen LogP contribution in [0.3, 0.4) is 0 Å². The predicted molar refractivity (Wildman–Crippen MR) is 143 cm³/mol. The van der Waals surface area contributed by atoms with Gasteiger partial charge in [0, 0.05) is 29.0 Å². The van der Waals surface area contributed by atoms with Gasteiger partial charge in [-0.3, -0.25) is 14.5 Å². The number of carboxylic acids is 1. The minimum atomic E-state index is -1.22. The van der Waals surface area contributed by atoms with E-state index in [-0.39, 0.29) is 29.5 Å². The summed E-state index contributed by atoms with van der Waals surface area (Å²) in [7, 11) is 1.68. The van der Waals surface area contributed by atoms with E-state index in [1.807, 2.05) is 17.5 Å². The van der Waals surface area contributed by atoms with E-state index in [2.05, 4.69) is 26.0 Å². The van der Waals surface area contributed by atoms with Crippen LogP contribution in [0.1, 0.15) is 10.4 Å². The number of carboxylic acid groups (broad SMARTS) is 1. The number of aromatic nitrogens is 4. The second-order valence-electron chi connectivity index (χ2n) is 8.33. The predicted octanol–water partition coefficient (Wildman–Crippen LogP) is 1.43. The number of carbonyl (C=O) groups is 3. The summed E-state index contributed by atoms with van der Waals surface area (Å²) in [6.07, 6.45) is 0. The molecule has 202 valence electrons. The third kappa shape index (κ3) is 5.62. The van der Waals surface area contributed by atoms with Gasteiger partial charge in [0.25, 0.3) is 11.8 Å². The van der Waals surface area contributed by atoms with Gasteiger partial charge in [-0.2, -0.15) is 0 Å². The number of thioether (sulfide) groups is 2. The van der Waals surface area contributed by atoms with Crippen LogP contribution in [0, 0.1) is 0 Å². The van der Waals surface area contributed by atoms with Crippen LogP contribution in [0.15, 0.2) is 63.4 Å². The number of carbonyl (C=O) groups excluding carboxylic acids is 2. The summed E-state index contributed by atoms with van der Waals surface area (Å²) in [5.74, 6) is -1.77. The normalized spacial score (nSPS) is 18.9. The lowest BCUT2D eigenvalue weighted by atomic mass is 10.0. The smallest absolute Gasteiger partial charge is 0.352 e. The molecule has 4 heterocycles. The first-order chi connectivity index (χ1) is 18.8. The number of aromatic hydroxyl groups is 1. The average molecular weight is 588 g/mol. The van der Waals surface area contributed by atoms with E-state index in [0.717, 1.165) is 4.88 Å². The van der Waals surface area contributed by atoms with E-state index in [4.69, 9.17) is 4.84 Å². The molecule has 0 spiro atoms. The molecule has 2 aliphatic rings. The van der Waals surface area contributed by atoms with Crippen LogP contribution < -0.4 is 5.32 Å². The van der Waals surface area contributed by atoms with Gasteiger partial charge in [-0.25, -0.2) is 9.48 Å². The summed E-state index contributed by atoms with van der Waals surface area (Å²) < 4.78 is 1.47. The maximum atomic E-state index is 13.3. The quantitative estimate of drug-likeness (QED) is 0.136. The summed E-state index contributed by atoms with van der Waals surface area (Å²) in [6, 6.07) is 8.62. The van der Waals surface area contributed by atoms with Gasteiger partial charge in [0.15, 0.2) is 12.3 Å². The zero-order chi connectivity index (χ0) is 27.5. The number of nitrogens with one attached hydrogen (secondary N) is 1. The summed E-state index contributed by atoms with van der Waals surface area (Å²) in [6.45, 7) is 0.152. The number of hydrogen-bond donors (Lipinski definition) is 3. The number of benzene rings is 1. The molecule has 16 heteroatoms. The molecule has 3 aromatic rings. The zero-order valence-corrected chi connectivity index (χ0v) is 22.7. The molecular formula is C23H21N7O6S3. The van der Waals surface area contributed by atoms with Gasteiger partial charge < -0.3 is 20.4 Å². The molecule has 2 aliphatic heterocycles. The standard InChI is InChI=1S/C23H21N7O6S3/c1-29-23(25-27-28-29)39-11-13-10-38-21-17(20(33)30(21)18(13)22(34)35)24-19(32)16(12-4-6-14(31)7-5-12)26-36-9-15-3-2-8-37-15/h2-8,17,21,31H,9-11H2,1H3,(H,24,32)(H,34,35)/b26-16-/t17?,21-/m1/s1. The lowest BCUT2D eigenvalue weighted by Crippen LogP contribution is -2.71. The largest absolute Gasteiger partial charge is 0.508 e. The Morgan fingerprint density at radius 1 is 1.28 bits per heavy atom. The number of rotatable bonds is 10. The van der Waals surface area contributed by atoms with Crippen LogP contribution in [0.4, 0.5) is 0 Å². The Bertz CT molecular complexity index is 1450. The van der Waals surface area contributed by atoms with Crippen molar-refractivity contribution in [3.8, 4) is 5.75 Å². The zero-order valence-electron chi connectivity index (χ0n) is 20.3. The second kappa shape index (κ2) is 11.5. The molecule has 1 unspecified atom stereocenters. The Hall–Kier alpha value is -3.89. The molecule has 5 rings (SSSR count). The third-order valence-corrected chi connectivity index (χ3v) is 9.08. The van der Waals surface area contributed by atoms with Crippen molar-refractivity contribution in [2.24, 2.45) is 12.2 Å². The van der Waals surface area contributed by atoms with Crippen molar-refractivity contribution in [1.29, 1.82) is 0 Å². The van der Waals surface area contributed by atoms with E-state index in [1.54, 1.807) is 7.05 Å². The fraction of sp³-hybridized carbons (Fsp3) is 0.261. The summed E-state index contributed by atoms with van der Waals surface area (Å²) in [5.41, 5.74) is 0.758. The second-order valence-corrected chi connectivity index (χ2v) is 11.4. The highest BCUT2D eigenvalue weighted by Crippen LogP contribution is 2.41. The lowest BCUT2D eigenvalue weighted by Gasteiger charge is -2.49. The van der Waals surface area contributed by atoms with Crippen molar-refractivity contribution in [3.63, 3.8) is 0 Å². The maximum absolute atomic E-state index is 13.3. The van der Waals surface area contributed by atoms with Gasteiger partial charge in [-0.15, -0.1) is 28.2 Å². The number of phenols is 1. The number of amides is 2. The van der Waals surface area contributed by atoms with E-state index in [1.165, 1.54) is 68.7 Å². The molecular weight excluding hydrogens is 566 g/mol. The van der Waals surface area contributed by atoms with Crippen molar-refractivity contribution in [2.45, 2.75) is 23.2 Å². The minimum absolute atomic E-state index is 0.0128.